The fraction of sp³-hybridized carbons (Fsp3) is 0.667. The number of aryl methyl sites for hydroxylation is 2. The van der Waals surface area contributed by atoms with Gasteiger partial charge in [-0.05, 0) is 53.3 Å². The molecule has 1 N–H and O–H groups in total. The largest absolute Gasteiger partial charge is 0.377 e. The summed E-state index contributed by atoms with van der Waals surface area (Å²) in [6, 6.07) is 7.83. The van der Waals surface area contributed by atoms with Crippen LogP contribution in [0.25, 0.3) is 0 Å². The average molecular weight is 290 g/mol. The Morgan fingerprint density at radius 3 is 2.48 bits per heavy atom. The first-order valence-corrected chi connectivity index (χ1v) is 8.08. The van der Waals surface area contributed by atoms with Crippen LogP contribution in [0, 0.1) is 13.8 Å². The second-order valence-corrected chi connectivity index (χ2v) is 6.46. The second kappa shape index (κ2) is 7.39. The molecule has 1 aromatic rings. The summed E-state index contributed by atoms with van der Waals surface area (Å²) < 4.78 is 5.68. The highest BCUT2D eigenvalue weighted by Crippen LogP contribution is 2.22. The van der Waals surface area contributed by atoms with Gasteiger partial charge in [0.15, 0.2) is 0 Å². The Morgan fingerprint density at radius 2 is 1.95 bits per heavy atom. The number of rotatable bonds is 6. The van der Waals surface area contributed by atoms with Crippen molar-refractivity contribution >= 4 is 0 Å². The molecule has 1 aliphatic rings. The van der Waals surface area contributed by atoms with Crippen molar-refractivity contribution in [1.29, 1.82) is 0 Å². The summed E-state index contributed by atoms with van der Waals surface area (Å²) in [6.07, 6.45) is 2.65. The minimum atomic E-state index is 0.365. The van der Waals surface area contributed by atoms with E-state index < -0.39 is 0 Å². The summed E-state index contributed by atoms with van der Waals surface area (Å²) in [5.41, 5.74) is 4.09. The molecule has 0 spiro atoms. The lowest BCUT2D eigenvalue weighted by Crippen LogP contribution is -2.38. The Bertz CT molecular complexity index is 440. The molecule has 21 heavy (non-hydrogen) atoms. The first kappa shape index (κ1) is 16.5. The number of nitrogens with zero attached hydrogens (tertiary/aromatic N) is 1. The van der Waals surface area contributed by atoms with Gasteiger partial charge >= 0.3 is 0 Å². The van der Waals surface area contributed by atoms with Crippen molar-refractivity contribution in [3.63, 3.8) is 0 Å². The van der Waals surface area contributed by atoms with Gasteiger partial charge in [-0.25, -0.2) is 0 Å². The number of likely N-dealkylation sites (N-methyl/N-ethyl adjacent to an activating group) is 1. The SMILES string of the molecule is CNC(CCN(C)C1CCOC1C)c1cc(C)cc(C)c1. The van der Waals surface area contributed by atoms with Crippen LogP contribution in [0.4, 0.5) is 0 Å². The van der Waals surface area contributed by atoms with Crippen LogP contribution < -0.4 is 5.32 Å². The van der Waals surface area contributed by atoms with Gasteiger partial charge in [0.1, 0.15) is 0 Å². The minimum absolute atomic E-state index is 0.365. The molecule has 1 saturated heterocycles. The van der Waals surface area contributed by atoms with Crippen molar-refractivity contribution in [2.75, 3.05) is 27.2 Å². The molecule has 3 atom stereocenters. The van der Waals surface area contributed by atoms with Gasteiger partial charge in [-0.1, -0.05) is 29.3 Å². The van der Waals surface area contributed by atoms with Crippen molar-refractivity contribution in [1.82, 2.24) is 10.2 Å². The van der Waals surface area contributed by atoms with Crippen molar-refractivity contribution in [2.24, 2.45) is 0 Å². The van der Waals surface area contributed by atoms with Crippen LogP contribution in [0.1, 0.15) is 42.5 Å². The van der Waals surface area contributed by atoms with E-state index in [1.54, 1.807) is 0 Å². The third-order valence-electron chi connectivity index (χ3n) is 4.67. The van der Waals surface area contributed by atoms with E-state index in [4.69, 9.17) is 4.74 Å². The van der Waals surface area contributed by atoms with Crippen LogP contribution in [0.3, 0.4) is 0 Å². The maximum Gasteiger partial charge on any atom is 0.0702 e. The highest BCUT2D eigenvalue weighted by molar-refractivity contribution is 5.30. The van der Waals surface area contributed by atoms with Crippen molar-refractivity contribution < 1.29 is 4.74 Å². The van der Waals surface area contributed by atoms with Crippen LogP contribution in [0.2, 0.25) is 0 Å². The summed E-state index contributed by atoms with van der Waals surface area (Å²) in [5, 5.41) is 3.47. The molecular formula is C18H30N2O. The van der Waals surface area contributed by atoms with Crippen LogP contribution >= 0.6 is 0 Å². The van der Waals surface area contributed by atoms with E-state index in [2.05, 4.69) is 63.3 Å². The number of hydrogen-bond acceptors (Lipinski definition) is 3. The maximum absolute atomic E-state index is 5.68. The fourth-order valence-corrected chi connectivity index (χ4v) is 3.49. The topological polar surface area (TPSA) is 24.5 Å². The first-order chi connectivity index (χ1) is 10.0. The maximum atomic E-state index is 5.68. The van der Waals surface area contributed by atoms with Crippen LogP contribution in [-0.4, -0.2) is 44.3 Å². The van der Waals surface area contributed by atoms with Gasteiger partial charge < -0.3 is 15.0 Å². The predicted molar refractivity (Wildman–Crippen MR) is 88.8 cm³/mol. The van der Waals surface area contributed by atoms with Gasteiger partial charge in [0.25, 0.3) is 0 Å². The summed E-state index contributed by atoms with van der Waals surface area (Å²) in [7, 11) is 4.29. The smallest absolute Gasteiger partial charge is 0.0702 e. The molecule has 0 amide bonds. The molecule has 0 aromatic heterocycles. The molecule has 1 fully saturated rings. The normalized spacial score (nSPS) is 23.7. The molecule has 3 heteroatoms. The summed E-state index contributed by atoms with van der Waals surface area (Å²) in [4.78, 5) is 2.46. The van der Waals surface area contributed by atoms with Gasteiger partial charge in [0.05, 0.1) is 6.10 Å². The van der Waals surface area contributed by atoms with E-state index in [1.807, 2.05) is 0 Å². The van der Waals surface area contributed by atoms with Gasteiger partial charge in [0.2, 0.25) is 0 Å². The molecule has 3 unspecified atom stereocenters. The first-order valence-electron chi connectivity index (χ1n) is 8.08. The van der Waals surface area contributed by atoms with E-state index in [9.17, 15) is 0 Å². The van der Waals surface area contributed by atoms with Gasteiger partial charge in [-0.3, -0.25) is 0 Å². The molecule has 1 aliphatic heterocycles. The summed E-state index contributed by atoms with van der Waals surface area (Å²) in [5.74, 6) is 0. The van der Waals surface area contributed by atoms with E-state index >= 15 is 0 Å². The Hall–Kier alpha value is -0.900. The summed E-state index contributed by atoms with van der Waals surface area (Å²) in [6.45, 7) is 8.53. The zero-order valence-corrected chi connectivity index (χ0v) is 14.1. The molecular weight excluding hydrogens is 260 g/mol. The van der Waals surface area contributed by atoms with Crippen LogP contribution in [0.15, 0.2) is 18.2 Å². The number of hydrogen-bond donors (Lipinski definition) is 1. The molecule has 0 saturated carbocycles. The van der Waals surface area contributed by atoms with Crippen LogP contribution in [0.5, 0.6) is 0 Å². The predicted octanol–water partition coefficient (Wildman–Crippen LogP) is 3.06. The fourth-order valence-electron chi connectivity index (χ4n) is 3.49. The summed E-state index contributed by atoms with van der Waals surface area (Å²) >= 11 is 0. The Kier molecular flexibility index (Phi) is 5.80. The number of benzene rings is 1. The lowest BCUT2D eigenvalue weighted by molar-refractivity contribution is 0.0824. The monoisotopic (exact) mass is 290 g/mol. The number of nitrogens with one attached hydrogen (secondary N) is 1. The molecule has 0 bridgehead atoms. The Morgan fingerprint density at radius 1 is 1.29 bits per heavy atom. The quantitative estimate of drug-likeness (QED) is 0.871. The zero-order chi connectivity index (χ0) is 15.4. The van der Waals surface area contributed by atoms with E-state index in [0.717, 1.165) is 26.0 Å². The highest BCUT2D eigenvalue weighted by atomic mass is 16.5. The Labute approximate surface area is 129 Å². The number of ether oxygens (including phenoxy) is 1. The Balaban J connectivity index is 1.96. The molecule has 3 nitrogen and oxygen atoms in total. The van der Waals surface area contributed by atoms with Gasteiger partial charge in [-0.15, -0.1) is 0 Å². The molecule has 2 rings (SSSR count). The molecule has 1 aromatic carbocycles. The zero-order valence-electron chi connectivity index (χ0n) is 14.1. The molecule has 0 aliphatic carbocycles. The van der Waals surface area contributed by atoms with E-state index in [0.29, 0.717) is 18.2 Å². The van der Waals surface area contributed by atoms with Crippen molar-refractivity contribution in [3.8, 4) is 0 Å². The lowest BCUT2D eigenvalue weighted by Gasteiger charge is -2.28. The van der Waals surface area contributed by atoms with Crippen molar-refractivity contribution in [2.45, 2.75) is 51.8 Å². The average Bonchev–Trinajstić information content (AvgIpc) is 2.84. The standard InChI is InChI=1S/C18H30N2O/c1-13-10-14(2)12-16(11-13)17(19-4)6-8-20(5)18-7-9-21-15(18)3/h10-12,15,17-19H,6-9H2,1-5H3. The third kappa shape index (κ3) is 4.29. The molecule has 0 radical (unpaired) electrons. The van der Waals surface area contributed by atoms with Crippen LogP contribution in [-0.2, 0) is 4.74 Å². The second-order valence-electron chi connectivity index (χ2n) is 6.46. The van der Waals surface area contributed by atoms with Gasteiger partial charge in [-0.2, -0.15) is 0 Å². The van der Waals surface area contributed by atoms with E-state index in [1.165, 1.54) is 16.7 Å². The minimum Gasteiger partial charge on any atom is -0.377 e. The molecule has 1 heterocycles. The van der Waals surface area contributed by atoms with Gasteiger partial charge in [0, 0.05) is 25.2 Å². The third-order valence-corrected chi connectivity index (χ3v) is 4.67. The highest BCUT2D eigenvalue weighted by Gasteiger charge is 2.27. The van der Waals surface area contributed by atoms with E-state index in [-0.39, 0.29) is 0 Å². The lowest BCUT2D eigenvalue weighted by atomic mass is 9.98. The molecule has 118 valence electrons. The van der Waals surface area contributed by atoms with Crippen molar-refractivity contribution in [3.05, 3.63) is 34.9 Å².